The summed E-state index contributed by atoms with van der Waals surface area (Å²) in [6, 6.07) is 6.62. The number of hydrogen-bond donors (Lipinski definition) is 3. The number of benzene rings is 1. The molecule has 154 valence electrons. The van der Waals surface area contributed by atoms with E-state index in [9.17, 15) is 9.59 Å². The van der Waals surface area contributed by atoms with Crippen molar-refractivity contribution in [3.8, 4) is 0 Å². The molecule has 3 fully saturated rings. The van der Waals surface area contributed by atoms with Crippen LogP contribution in [0, 0.1) is 11.3 Å². The lowest BCUT2D eigenvalue weighted by molar-refractivity contribution is -0.134. The zero-order valence-electron chi connectivity index (χ0n) is 17.1. The number of amides is 2. The normalized spacial score (nSPS) is 29.0. The van der Waals surface area contributed by atoms with Crippen LogP contribution < -0.4 is 16.0 Å². The molecule has 1 aliphatic carbocycles. The summed E-state index contributed by atoms with van der Waals surface area (Å²) in [6.45, 7) is 4.68. The number of carbonyl (C=O) groups is 2. The Balaban J connectivity index is 1.43. The molecule has 1 spiro atoms. The lowest BCUT2D eigenvalue weighted by Gasteiger charge is -2.50. The van der Waals surface area contributed by atoms with Crippen molar-refractivity contribution in [2.24, 2.45) is 18.4 Å². The summed E-state index contributed by atoms with van der Waals surface area (Å²) >= 11 is 0. The highest BCUT2D eigenvalue weighted by Crippen LogP contribution is 2.43. The molecular weight excluding hydrogens is 366 g/mol. The fourth-order valence-electron chi connectivity index (χ4n) is 5.58. The quantitative estimate of drug-likeness (QED) is 0.694. The third-order valence-corrected chi connectivity index (χ3v) is 7.23. The number of aryl methyl sites for hydroxylation is 1. The topological polar surface area (TPSA) is 88.1 Å². The number of hydrogen-bond acceptors (Lipinski definition) is 5. The van der Waals surface area contributed by atoms with Crippen LogP contribution in [0.25, 0.3) is 10.9 Å². The first-order valence-electron chi connectivity index (χ1n) is 10.7. The number of imide groups is 1. The predicted molar refractivity (Wildman–Crippen MR) is 112 cm³/mol. The zero-order chi connectivity index (χ0) is 20.2. The molecule has 5 rings (SSSR count). The molecule has 3 heterocycles. The number of aromatic nitrogens is 2. The number of rotatable bonds is 3. The van der Waals surface area contributed by atoms with Gasteiger partial charge in [0.15, 0.2) is 0 Å². The largest absolute Gasteiger partial charge is 0.380 e. The van der Waals surface area contributed by atoms with Crippen molar-refractivity contribution in [2.75, 3.05) is 18.4 Å². The summed E-state index contributed by atoms with van der Waals surface area (Å²) < 4.78 is 1.88. The number of piperidine rings is 1. The predicted octanol–water partition coefficient (Wildman–Crippen LogP) is 2.28. The van der Waals surface area contributed by atoms with E-state index in [1.807, 2.05) is 23.9 Å². The van der Waals surface area contributed by atoms with Gasteiger partial charge in [-0.05, 0) is 43.1 Å². The molecule has 0 radical (unpaired) electrons. The molecule has 2 amide bonds. The first kappa shape index (κ1) is 18.6. The Morgan fingerprint density at radius 2 is 2.07 bits per heavy atom. The molecule has 3 aliphatic rings. The molecule has 7 nitrogen and oxygen atoms in total. The third kappa shape index (κ3) is 3.12. The van der Waals surface area contributed by atoms with Gasteiger partial charge in [-0.1, -0.05) is 19.1 Å². The zero-order valence-corrected chi connectivity index (χ0v) is 17.1. The van der Waals surface area contributed by atoms with E-state index >= 15 is 0 Å². The summed E-state index contributed by atoms with van der Waals surface area (Å²) in [4.78, 5) is 23.9. The molecule has 2 aromatic rings. The number of carbonyl (C=O) groups excluding carboxylic acids is 2. The average molecular weight is 396 g/mol. The maximum atomic E-state index is 12.4. The summed E-state index contributed by atoms with van der Waals surface area (Å²) in [7, 11) is 1.93. The Bertz CT molecular complexity index is 977. The van der Waals surface area contributed by atoms with E-state index in [4.69, 9.17) is 5.10 Å². The van der Waals surface area contributed by atoms with E-state index < -0.39 is 0 Å². The Labute approximate surface area is 170 Å². The summed E-state index contributed by atoms with van der Waals surface area (Å²) in [5.41, 5.74) is 3.41. The van der Waals surface area contributed by atoms with Gasteiger partial charge in [0.2, 0.25) is 11.8 Å². The molecule has 29 heavy (non-hydrogen) atoms. The highest BCUT2D eigenvalue weighted by atomic mass is 16.2. The van der Waals surface area contributed by atoms with Gasteiger partial charge < -0.3 is 10.6 Å². The van der Waals surface area contributed by atoms with E-state index in [1.54, 1.807) is 0 Å². The first-order valence-corrected chi connectivity index (χ1v) is 10.7. The first-order chi connectivity index (χ1) is 14.0. The molecule has 7 heteroatoms. The number of para-hydroxylation sites is 1. The fourth-order valence-corrected chi connectivity index (χ4v) is 5.58. The van der Waals surface area contributed by atoms with Gasteiger partial charge in [-0.3, -0.25) is 19.6 Å². The monoisotopic (exact) mass is 395 g/mol. The molecule has 3 N–H and O–H groups in total. The highest BCUT2D eigenvalue weighted by molar-refractivity contribution is 6.03. The van der Waals surface area contributed by atoms with Crippen LogP contribution in [-0.2, 0) is 16.6 Å². The Kier molecular flexibility index (Phi) is 4.38. The summed E-state index contributed by atoms with van der Waals surface area (Å²) in [5.74, 6) is -0.186. The van der Waals surface area contributed by atoms with Crippen molar-refractivity contribution in [1.82, 2.24) is 20.4 Å². The van der Waals surface area contributed by atoms with Gasteiger partial charge in [-0.2, -0.15) is 5.10 Å². The van der Waals surface area contributed by atoms with Crippen LogP contribution in [0.2, 0.25) is 0 Å². The highest BCUT2D eigenvalue weighted by Gasteiger charge is 2.43. The van der Waals surface area contributed by atoms with Gasteiger partial charge in [-0.15, -0.1) is 0 Å². The second-order valence-corrected chi connectivity index (χ2v) is 9.29. The number of fused-ring (bicyclic) bond motifs is 1. The number of nitrogens with one attached hydrogen (secondary N) is 3. The lowest BCUT2D eigenvalue weighted by atomic mass is 9.65. The Morgan fingerprint density at radius 1 is 1.24 bits per heavy atom. The minimum Gasteiger partial charge on any atom is -0.380 e. The Hall–Kier alpha value is -2.41. The van der Waals surface area contributed by atoms with Crippen molar-refractivity contribution < 1.29 is 9.59 Å². The number of anilines is 1. The van der Waals surface area contributed by atoms with Crippen LogP contribution in [0.1, 0.15) is 50.6 Å². The van der Waals surface area contributed by atoms with Crippen LogP contribution in [0.15, 0.2) is 18.2 Å². The van der Waals surface area contributed by atoms with Gasteiger partial charge in [0.25, 0.3) is 0 Å². The van der Waals surface area contributed by atoms with E-state index in [1.165, 1.54) is 19.3 Å². The smallest absolute Gasteiger partial charge is 0.235 e. The lowest BCUT2D eigenvalue weighted by Crippen LogP contribution is -2.57. The molecule has 1 saturated carbocycles. The van der Waals surface area contributed by atoms with Gasteiger partial charge in [-0.25, -0.2) is 0 Å². The van der Waals surface area contributed by atoms with Crippen LogP contribution in [0.4, 0.5) is 5.69 Å². The Morgan fingerprint density at radius 3 is 2.76 bits per heavy atom. The molecule has 1 aromatic carbocycles. The minimum absolute atomic E-state index is 0.195. The van der Waals surface area contributed by atoms with Crippen molar-refractivity contribution >= 4 is 28.4 Å². The van der Waals surface area contributed by atoms with Gasteiger partial charge in [0, 0.05) is 38.0 Å². The average Bonchev–Trinajstić information content (AvgIpc) is 3.00. The minimum atomic E-state index is -0.369. The van der Waals surface area contributed by atoms with E-state index in [-0.39, 0.29) is 17.7 Å². The molecule has 1 unspecified atom stereocenters. The van der Waals surface area contributed by atoms with Crippen LogP contribution >= 0.6 is 0 Å². The van der Waals surface area contributed by atoms with Crippen LogP contribution in [0.5, 0.6) is 0 Å². The number of nitrogens with zero attached hydrogens (tertiary/aromatic N) is 2. The second-order valence-electron chi connectivity index (χ2n) is 9.29. The SMILES string of the molecule is C[C@H]1CC2(CC[C@@H]1Nc1cccc3c(C4CCC(=O)NC4=O)nn(C)c13)CNC2. The summed E-state index contributed by atoms with van der Waals surface area (Å²) in [5, 5.41) is 15.4. The fraction of sp³-hybridized carbons (Fsp3) is 0.591. The van der Waals surface area contributed by atoms with Crippen molar-refractivity contribution in [2.45, 2.75) is 51.0 Å². The van der Waals surface area contributed by atoms with Gasteiger partial charge in [0.1, 0.15) is 0 Å². The second kappa shape index (κ2) is 6.83. The molecule has 2 aliphatic heterocycles. The van der Waals surface area contributed by atoms with Gasteiger partial charge in [0.05, 0.1) is 22.8 Å². The van der Waals surface area contributed by atoms with Crippen LogP contribution in [-0.4, -0.2) is 40.7 Å². The molecular formula is C22H29N5O2. The standard InChI is InChI=1S/C22H29N5O2/c1-13-10-22(11-23-12-22)9-8-16(13)24-17-5-3-4-14-19(26-27(2)20(14)17)15-6-7-18(28)25-21(15)29/h3-5,13,15-16,23-24H,6-12H2,1-2H3,(H,25,28,29)/t13-,15?,16-/m0/s1. The van der Waals surface area contributed by atoms with E-state index in [0.29, 0.717) is 30.2 Å². The molecule has 1 aromatic heterocycles. The van der Waals surface area contributed by atoms with Crippen molar-refractivity contribution in [3.63, 3.8) is 0 Å². The molecule has 3 atom stereocenters. The van der Waals surface area contributed by atoms with E-state index in [0.717, 1.165) is 35.4 Å². The van der Waals surface area contributed by atoms with Gasteiger partial charge >= 0.3 is 0 Å². The molecule has 2 saturated heterocycles. The van der Waals surface area contributed by atoms with E-state index in [2.05, 4.69) is 28.9 Å². The molecule has 0 bridgehead atoms. The van der Waals surface area contributed by atoms with Crippen molar-refractivity contribution in [1.29, 1.82) is 0 Å². The third-order valence-electron chi connectivity index (χ3n) is 7.23. The van der Waals surface area contributed by atoms with Crippen molar-refractivity contribution in [3.05, 3.63) is 23.9 Å². The maximum Gasteiger partial charge on any atom is 0.235 e. The van der Waals surface area contributed by atoms with Crippen LogP contribution in [0.3, 0.4) is 0 Å². The summed E-state index contributed by atoms with van der Waals surface area (Å²) in [6.07, 6.45) is 4.59. The maximum absolute atomic E-state index is 12.4.